The number of hydrogen-bond donors (Lipinski definition) is 1. The lowest BCUT2D eigenvalue weighted by atomic mass is 9.79. The Labute approximate surface area is 114 Å². The van der Waals surface area contributed by atoms with Gasteiger partial charge in [-0.15, -0.1) is 0 Å². The van der Waals surface area contributed by atoms with E-state index in [0.717, 1.165) is 18.7 Å². The van der Waals surface area contributed by atoms with Crippen LogP contribution in [0, 0.1) is 0 Å². The van der Waals surface area contributed by atoms with Crippen LogP contribution in [0.5, 0.6) is 0 Å². The lowest BCUT2D eigenvalue weighted by Gasteiger charge is -2.29. The molecular weight excluding hydrogens is 242 g/mol. The molecule has 18 heavy (non-hydrogen) atoms. The first-order chi connectivity index (χ1) is 8.42. The van der Waals surface area contributed by atoms with Crippen molar-refractivity contribution in [3.05, 3.63) is 35.9 Å². The van der Waals surface area contributed by atoms with Gasteiger partial charge in [0.05, 0.1) is 0 Å². The van der Waals surface area contributed by atoms with E-state index in [1.165, 1.54) is 5.56 Å². The van der Waals surface area contributed by atoms with Gasteiger partial charge in [0.25, 0.3) is 0 Å². The Morgan fingerprint density at radius 2 is 1.89 bits per heavy atom. The van der Waals surface area contributed by atoms with Crippen LogP contribution in [0.25, 0.3) is 0 Å². The van der Waals surface area contributed by atoms with Gasteiger partial charge >= 0.3 is 0 Å². The monoisotopic (exact) mass is 267 g/mol. The fourth-order valence-electron chi connectivity index (χ4n) is 2.29. The van der Waals surface area contributed by atoms with Crippen LogP contribution in [0.4, 0.5) is 0 Å². The fraction of sp³-hybridized carbons (Fsp3) is 0.600. The van der Waals surface area contributed by atoms with Gasteiger partial charge in [0, 0.05) is 35.4 Å². The van der Waals surface area contributed by atoms with Gasteiger partial charge in [-0.1, -0.05) is 44.2 Å². The zero-order valence-electron chi connectivity index (χ0n) is 11.9. The molecule has 0 spiro atoms. The highest BCUT2D eigenvalue weighted by molar-refractivity contribution is 7.84. The molecule has 1 N–H and O–H groups in total. The van der Waals surface area contributed by atoms with E-state index >= 15 is 0 Å². The van der Waals surface area contributed by atoms with Gasteiger partial charge in [-0.2, -0.15) is 0 Å². The molecular formula is C15H25NOS. The Morgan fingerprint density at radius 1 is 1.28 bits per heavy atom. The topological polar surface area (TPSA) is 29.1 Å². The molecule has 0 saturated heterocycles. The number of nitrogens with one attached hydrogen (secondary N) is 1. The van der Waals surface area contributed by atoms with Crippen molar-refractivity contribution >= 4 is 10.8 Å². The van der Waals surface area contributed by atoms with E-state index in [1.807, 2.05) is 0 Å². The van der Waals surface area contributed by atoms with Crippen molar-refractivity contribution in [1.29, 1.82) is 0 Å². The summed E-state index contributed by atoms with van der Waals surface area (Å²) >= 11 is 0. The van der Waals surface area contributed by atoms with Crippen LogP contribution in [0.1, 0.15) is 32.8 Å². The fourth-order valence-corrected chi connectivity index (χ4v) is 2.70. The van der Waals surface area contributed by atoms with Crippen molar-refractivity contribution in [2.75, 3.05) is 18.6 Å². The van der Waals surface area contributed by atoms with E-state index < -0.39 is 10.8 Å². The van der Waals surface area contributed by atoms with Gasteiger partial charge in [-0.25, -0.2) is 0 Å². The van der Waals surface area contributed by atoms with Crippen LogP contribution < -0.4 is 5.32 Å². The molecule has 3 heteroatoms. The standard InChI is InChI=1S/C15H25NOS/c1-13(16-10-11-18(4)17)12-15(2,3)14-8-6-5-7-9-14/h5-9,13,16H,10-12H2,1-4H3. The van der Waals surface area contributed by atoms with E-state index in [9.17, 15) is 4.21 Å². The van der Waals surface area contributed by atoms with Crippen molar-refractivity contribution in [3.8, 4) is 0 Å². The molecule has 2 atom stereocenters. The van der Waals surface area contributed by atoms with Crippen LogP contribution >= 0.6 is 0 Å². The molecule has 1 rings (SSSR count). The van der Waals surface area contributed by atoms with E-state index in [2.05, 4.69) is 56.4 Å². The number of rotatable bonds is 7. The maximum Gasteiger partial charge on any atom is 0.0357 e. The number of benzene rings is 1. The zero-order valence-corrected chi connectivity index (χ0v) is 12.7. The second-order valence-corrected chi connectivity index (χ2v) is 7.14. The summed E-state index contributed by atoms with van der Waals surface area (Å²) < 4.78 is 11.0. The van der Waals surface area contributed by atoms with Gasteiger partial charge in [0.2, 0.25) is 0 Å². The Kier molecular flexibility index (Phi) is 6.03. The maximum atomic E-state index is 11.0. The molecule has 0 aliphatic heterocycles. The summed E-state index contributed by atoms with van der Waals surface area (Å²) in [7, 11) is -0.704. The minimum Gasteiger partial charge on any atom is -0.313 e. The van der Waals surface area contributed by atoms with Crippen LogP contribution in [0.2, 0.25) is 0 Å². The molecule has 0 fully saturated rings. The third-order valence-electron chi connectivity index (χ3n) is 3.25. The van der Waals surface area contributed by atoms with Crippen LogP contribution in [-0.2, 0) is 16.2 Å². The van der Waals surface area contributed by atoms with Crippen molar-refractivity contribution in [1.82, 2.24) is 5.32 Å². The average molecular weight is 267 g/mol. The predicted octanol–water partition coefficient (Wildman–Crippen LogP) is 2.71. The van der Waals surface area contributed by atoms with E-state index in [-0.39, 0.29) is 5.41 Å². The Hall–Kier alpha value is -0.670. The average Bonchev–Trinajstić information content (AvgIpc) is 2.29. The molecule has 0 radical (unpaired) electrons. The number of hydrogen-bond acceptors (Lipinski definition) is 2. The predicted molar refractivity (Wildman–Crippen MR) is 80.5 cm³/mol. The summed E-state index contributed by atoms with van der Waals surface area (Å²) in [4.78, 5) is 0. The molecule has 2 nitrogen and oxygen atoms in total. The summed E-state index contributed by atoms with van der Waals surface area (Å²) in [6.45, 7) is 7.58. The molecule has 1 aromatic rings. The van der Waals surface area contributed by atoms with Gasteiger partial charge < -0.3 is 5.32 Å². The van der Waals surface area contributed by atoms with Crippen molar-refractivity contribution < 1.29 is 4.21 Å². The Balaban J connectivity index is 2.47. The second-order valence-electron chi connectivity index (χ2n) is 5.59. The van der Waals surface area contributed by atoms with E-state index in [1.54, 1.807) is 6.26 Å². The summed E-state index contributed by atoms with van der Waals surface area (Å²) in [6.07, 6.45) is 2.83. The van der Waals surface area contributed by atoms with Gasteiger partial charge in [-0.3, -0.25) is 4.21 Å². The van der Waals surface area contributed by atoms with Gasteiger partial charge in [-0.05, 0) is 24.3 Å². The van der Waals surface area contributed by atoms with Crippen molar-refractivity contribution in [3.63, 3.8) is 0 Å². The third-order valence-corrected chi connectivity index (χ3v) is 4.03. The SMILES string of the molecule is CC(CC(C)(C)c1ccccc1)NCCS(C)=O. The van der Waals surface area contributed by atoms with Crippen molar-refractivity contribution in [2.24, 2.45) is 0 Å². The molecule has 2 unspecified atom stereocenters. The van der Waals surface area contributed by atoms with Crippen LogP contribution in [0.15, 0.2) is 30.3 Å². The smallest absolute Gasteiger partial charge is 0.0357 e. The van der Waals surface area contributed by atoms with Gasteiger partial charge in [0.15, 0.2) is 0 Å². The maximum absolute atomic E-state index is 11.0. The molecule has 102 valence electrons. The lowest BCUT2D eigenvalue weighted by Crippen LogP contribution is -2.35. The normalized spacial score (nSPS) is 15.3. The van der Waals surface area contributed by atoms with E-state index in [0.29, 0.717) is 6.04 Å². The molecule has 1 aromatic carbocycles. The first-order valence-electron chi connectivity index (χ1n) is 6.51. The minimum atomic E-state index is -0.704. The van der Waals surface area contributed by atoms with Crippen LogP contribution in [0.3, 0.4) is 0 Å². The second kappa shape index (κ2) is 7.05. The molecule has 0 aliphatic carbocycles. The van der Waals surface area contributed by atoms with Gasteiger partial charge in [0.1, 0.15) is 0 Å². The molecule has 0 heterocycles. The molecule has 0 saturated carbocycles. The quantitative estimate of drug-likeness (QED) is 0.823. The Morgan fingerprint density at radius 3 is 2.44 bits per heavy atom. The first kappa shape index (κ1) is 15.4. The van der Waals surface area contributed by atoms with E-state index in [4.69, 9.17) is 0 Å². The molecule has 0 aromatic heterocycles. The lowest BCUT2D eigenvalue weighted by molar-refractivity contribution is 0.395. The highest BCUT2D eigenvalue weighted by atomic mass is 32.2. The summed E-state index contributed by atoms with van der Waals surface area (Å²) in [5.41, 5.74) is 1.54. The Bertz CT molecular complexity index is 375. The first-order valence-corrected chi connectivity index (χ1v) is 8.23. The molecule has 0 bridgehead atoms. The molecule has 0 aliphatic rings. The highest BCUT2D eigenvalue weighted by Gasteiger charge is 2.22. The zero-order chi connectivity index (χ0) is 13.6. The van der Waals surface area contributed by atoms with Crippen molar-refractivity contribution in [2.45, 2.75) is 38.6 Å². The summed E-state index contributed by atoms with van der Waals surface area (Å²) in [5, 5.41) is 3.45. The molecule has 0 amide bonds. The largest absolute Gasteiger partial charge is 0.313 e. The van der Waals surface area contributed by atoms with Crippen LogP contribution in [-0.4, -0.2) is 28.8 Å². The summed E-state index contributed by atoms with van der Waals surface area (Å²) in [6, 6.07) is 11.0. The minimum absolute atomic E-state index is 0.166. The summed E-state index contributed by atoms with van der Waals surface area (Å²) in [5.74, 6) is 0.732. The third kappa shape index (κ3) is 5.32. The highest BCUT2D eigenvalue weighted by Crippen LogP contribution is 2.27.